The second kappa shape index (κ2) is 17.3. The number of benzene rings is 2. The van der Waals surface area contributed by atoms with E-state index in [4.69, 9.17) is 9.05 Å². The summed E-state index contributed by atoms with van der Waals surface area (Å²) in [5.74, 6) is -2.93. The van der Waals surface area contributed by atoms with Gasteiger partial charge in [-0.05, 0) is 46.6 Å². The zero-order valence-electron chi connectivity index (χ0n) is 31.7. The molecule has 0 bridgehead atoms. The van der Waals surface area contributed by atoms with Crippen molar-refractivity contribution in [3.05, 3.63) is 83.3 Å². The summed E-state index contributed by atoms with van der Waals surface area (Å²) in [6.07, 6.45) is 1.94. The Morgan fingerprint density at radius 1 is 0.673 bits per heavy atom. The Labute approximate surface area is 305 Å². The average Bonchev–Trinajstić information content (AvgIpc) is 3.74. The van der Waals surface area contributed by atoms with E-state index in [1.807, 2.05) is 76.2 Å². The quantitative estimate of drug-likeness (QED) is 0.113. The number of aliphatic carboxylic acids is 2. The van der Waals surface area contributed by atoms with E-state index in [-0.39, 0.29) is 34.0 Å². The van der Waals surface area contributed by atoms with Crippen molar-refractivity contribution in [2.24, 2.45) is 11.8 Å². The van der Waals surface area contributed by atoms with Gasteiger partial charge in [-0.1, -0.05) is 128 Å². The molecule has 0 aliphatic heterocycles. The van der Waals surface area contributed by atoms with Crippen molar-refractivity contribution in [3.8, 4) is 22.5 Å². The van der Waals surface area contributed by atoms with Crippen molar-refractivity contribution >= 4 is 23.8 Å². The molecule has 52 heavy (non-hydrogen) atoms. The number of amides is 2. The molecule has 2 heterocycles. The minimum Gasteiger partial charge on any atom is -0.480 e. The molecule has 2 aromatic carbocycles. The molecule has 280 valence electrons. The Morgan fingerprint density at radius 3 is 1.54 bits per heavy atom. The first kappa shape index (κ1) is 41.2. The van der Waals surface area contributed by atoms with Gasteiger partial charge < -0.3 is 29.9 Å². The Hall–Kier alpha value is -5.26. The number of carboxylic acids is 2. The number of carboxylic acid groups (broad SMARTS) is 2. The van der Waals surface area contributed by atoms with Crippen LogP contribution in [0.4, 0.5) is 0 Å². The normalized spacial score (nSPS) is 12.8. The molecule has 2 amide bonds. The van der Waals surface area contributed by atoms with Crippen molar-refractivity contribution in [2.45, 2.75) is 105 Å². The van der Waals surface area contributed by atoms with Crippen molar-refractivity contribution in [2.75, 3.05) is 0 Å². The van der Waals surface area contributed by atoms with Crippen LogP contribution in [0, 0.1) is 11.8 Å². The van der Waals surface area contributed by atoms with Crippen LogP contribution in [-0.4, -0.2) is 56.4 Å². The number of hydrogen-bond acceptors (Lipinski definition) is 8. The Morgan fingerprint density at radius 2 is 1.12 bits per heavy atom. The summed E-state index contributed by atoms with van der Waals surface area (Å²) >= 11 is 0. The standard InChI is InChI=1S/2C20H26N2O4/c1-12(2)10-16(19(24)25)21-18(23)15-11-26-22-17(15)13-6-8-14(9-7-13)20(3,4)5;1-12(2)10-16(19(24)25)21-18(23)17-11-15(22-26-17)13-6-8-14(9-7-13)20(3,4)5/h2*6-9,11-12,16H,10H2,1-5H3,(H,21,23)(H,24,25)/t2*16-/m00/s1. The molecule has 12 heteroatoms. The van der Waals surface area contributed by atoms with E-state index in [2.05, 4.69) is 62.5 Å². The molecule has 0 aliphatic carbocycles. The van der Waals surface area contributed by atoms with Crippen LogP contribution in [0.1, 0.15) is 114 Å². The highest BCUT2D eigenvalue weighted by molar-refractivity contribution is 6.01. The van der Waals surface area contributed by atoms with Crippen LogP contribution in [0.5, 0.6) is 0 Å². The van der Waals surface area contributed by atoms with Gasteiger partial charge >= 0.3 is 11.9 Å². The summed E-state index contributed by atoms with van der Waals surface area (Å²) in [5, 5.41) is 31.4. The molecule has 0 saturated heterocycles. The minimum absolute atomic E-state index is 0.00472. The van der Waals surface area contributed by atoms with Gasteiger partial charge in [-0.15, -0.1) is 0 Å². The number of nitrogens with zero attached hydrogens (tertiary/aromatic N) is 2. The van der Waals surface area contributed by atoms with Crippen LogP contribution in [0.2, 0.25) is 0 Å². The summed E-state index contributed by atoms with van der Waals surface area (Å²) in [6.45, 7) is 20.4. The first-order valence-corrected chi connectivity index (χ1v) is 17.4. The summed E-state index contributed by atoms with van der Waals surface area (Å²) in [7, 11) is 0. The van der Waals surface area contributed by atoms with E-state index in [0.29, 0.717) is 24.2 Å². The van der Waals surface area contributed by atoms with Gasteiger partial charge in [-0.2, -0.15) is 0 Å². The molecule has 2 aromatic heterocycles. The molecule has 0 unspecified atom stereocenters. The topological polar surface area (TPSA) is 185 Å². The predicted octanol–water partition coefficient (Wildman–Crippen LogP) is 7.74. The number of aromatic nitrogens is 2. The monoisotopic (exact) mass is 716 g/mol. The van der Waals surface area contributed by atoms with Gasteiger partial charge in [0.1, 0.15) is 35.3 Å². The zero-order valence-corrected chi connectivity index (χ0v) is 31.7. The summed E-state index contributed by atoms with van der Waals surface area (Å²) < 4.78 is 10.1. The molecular weight excluding hydrogens is 664 g/mol. The van der Waals surface area contributed by atoms with E-state index in [1.54, 1.807) is 0 Å². The first-order valence-electron chi connectivity index (χ1n) is 17.4. The third-order valence-corrected chi connectivity index (χ3v) is 8.24. The minimum atomic E-state index is -1.07. The first-order chi connectivity index (χ1) is 24.2. The zero-order chi connectivity index (χ0) is 39.0. The average molecular weight is 717 g/mol. The lowest BCUT2D eigenvalue weighted by atomic mass is 9.86. The van der Waals surface area contributed by atoms with Gasteiger partial charge in [0, 0.05) is 17.2 Å². The molecule has 0 fully saturated rings. The van der Waals surface area contributed by atoms with Crippen LogP contribution in [0.25, 0.3) is 22.5 Å². The summed E-state index contributed by atoms with van der Waals surface area (Å²) in [4.78, 5) is 47.5. The molecule has 12 nitrogen and oxygen atoms in total. The fraction of sp³-hybridized carbons (Fsp3) is 0.450. The van der Waals surface area contributed by atoms with Crippen molar-refractivity contribution in [1.82, 2.24) is 20.9 Å². The maximum atomic E-state index is 12.5. The smallest absolute Gasteiger partial charge is 0.326 e. The Kier molecular flexibility index (Phi) is 13.7. The van der Waals surface area contributed by atoms with Gasteiger partial charge in [-0.3, -0.25) is 9.59 Å². The van der Waals surface area contributed by atoms with Crippen molar-refractivity contribution < 1.29 is 38.4 Å². The van der Waals surface area contributed by atoms with Crippen LogP contribution < -0.4 is 10.6 Å². The summed E-state index contributed by atoms with van der Waals surface area (Å²) in [6, 6.07) is 15.3. The van der Waals surface area contributed by atoms with E-state index < -0.39 is 35.8 Å². The Bertz CT molecular complexity index is 1810. The predicted molar refractivity (Wildman–Crippen MR) is 198 cm³/mol. The van der Waals surface area contributed by atoms with Gasteiger partial charge in [0.15, 0.2) is 0 Å². The lowest BCUT2D eigenvalue weighted by molar-refractivity contribution is -0.140. The van der Waals surface area contributed by atoms with Gasteiger partial charge in [0.2, 0.25) is 5.76 Å². The molecule has 2 atom stereocenters. The third kappa shape index (κ3) is 11.6. The molecule has 0 saturated carbocycles. The molecule has 0 radical (unpaired) electrons. The van der Waals surface area contributed by atoms with E-state index in [0.717, 1.165) is 11.1 Å². The number of nitrogens with one attached hydrogen (secondary N) is 2. The SMILES string of the molecule is CC(C)C[C@H](NC(=O)c1cc(-c2ccc(C(C)(C)C)cc2)no1)C(=O)O.CC(C)C[C@H](NC(=O)c1conc1-c1ccc(C(C)(C)C)cc1)C(=O)O. The molecular formula is C40H52N4O8. The third-order valence-electron chi connectivity index (χ3n) is 8.24. The fourth-order valence-electron chi connectivity index (χ4n) is 5.24. The van der Waals surface area contributed by atoms with Crippen LogP contribution in [0.3, 0.4) is 0 Å². The van der Waals surface area contributed by atoms with E-state index in [1.165, 1.54) is 23.5 Å². The second-order valence-electron chi connectivity index (χ2n) is 15.8. The molecule has 4 rings (SSSR count). The van der Waals surface area contributed by atoms with Crippen LogP contribution in [0.15, 0.2) is 69.9 Å². The van der Waals surface area contributed by atoms with Crippen molar-refractivity contribution in [3.63, 3.8) is 0 Å². The number of carbonyl (C=O) groups excluding carboxylic acids is 2. The maximum absolute atomic E-state index is 12.5. The lowest BCUT2D eigenvalue weighted by Crippen LogP contribution is -2.41. The van der Waals surface area contributed by atoms with Crippen LogP contribution >= 0.6 is 0 Å². The van der Waals surface area contributed by atoms with E-state index in [9.17, 15) is 29.4 Å². The van der Waals surface area contributed by atoms with Gasteiger partial charge in [0.05, 0.1) is 0 Å². The lowest BCUT2D eigenvalue weighted by Gasteiger charge is -2.19. The highest BCUT2D eigenvalue weighted by Gasteiger charge is 2.26. The molecule has 4 N–H and O–H groups in total. The van der Waals surface area contributed by atoms with Crippen molar-refractivity contribution in [1.29, 1.82) is 0 Å². The largest absolute Gasteiger partial charge is 0.480 e. The van der Waals surface area contributed by atoms with Crippen LogP contribution in [-0.2, 0) is 20.4 Å². The number of carbonyl (C=O) groups is 4. The second-order valence-corrected chi connectivity index (χ2v) is 15.8. The number of rotatable bonds is 12. The Balaban J connectivity index is 0.000000280. The van der Waals surface area contributed by atoms with Gasteiger partial charge in [0.25, 0.3) is 11.8 Å². The number of hydrogen-bond donors (Lipinski definition) is 4. The molecule has 0 aliphatic rings. The highest BCUT2D eigenvalue weighted by atomic mass is 16.5. The maximum Gasteiger partial charge on any atom is 0.326 e. The van der Waals surface area contributed by atoms with E-state index >= 15 is 0 Å². The fourth-order valence-corrected chi connectivity index (χ4v) is 5.24. The summed E-state index contributed by atoms with van der Waals surface area (Å²) in [5.41, 5.74) is 5.17. The van der Waals surface area contributed by atoms with Gasteiger partial charge in [-0.25, -0.2) is 9.59 Å². The molecule has 0 spiro atoms. The molecule has 4 aromatic rings. The highest BCUT2D eigenvalue weighted by Crippen LogP contribution is 2.28.